The Morgan fingerprint density at radius 3 is 2.43 bits per heavy atom. The molecule has 0 aliphatic carbocycles. The average Bonchev–Trinajstić information content (AvgIpc) is 2.61. The Labute approximate surface area is 132 Å². The molecule has 0 aliphatic rings. The normalized spacial score (nSPS) is 10.8. The third-order valence-corrected chi connectivity index (χ3v) is 3.11. The van der Waals surface area contributed by atoms with Gasteiger partial charge in [0.15, 0.2) is 5.82 Å². The minimum Gasteiger partial charge on any atom is -0.258 e. The van der Waals surface area contributed by atoms with Crippen LogP contribution >= 0.6 is 0 Å². The Morgan fingerprint density at radius 1 is 1.00 bits per heavy atom. The number of nitrogens with zero attached hydrogens (tertiary/aromatic N) is 4. The molecule has 0 fully saturated rings. The Bertz CT molecular complexity index is 846. The van der Waals surface area contributed by atoms with Gasteiger partial charge >= 0.3 is 0 Å². The molecule has 0 bridgehead atoms. The van der Waals surface area contributed by atoms with Gasteiger partial charge in [0.1, 0.15) is 0 Å². The number of benzene rings is 2. The van der Waals surface area contributed by atoms with Crippen molar-refractivity contribution in [1.29, 1.82) is 0 Å². The van der Waals surface area contributed by atoms with Crippen LogP contribution in [-0.2, 0) is 0 Å². The van der Waals surface area contributed by atoms with Gasteiger partial charge in [-0.05, 0) is 5.56 Å². The Hall–Kier alpha value is -3.41. The summed E-state index contributed by atoms with van der Waals surface area (Å²) < 4.78 is 0. The second-order valence-electron chi connectivity index (χ2n) is 4.74. The lowest BCUT2D eigenvalue weighted by Gasteiger charge is -1.99. The summed E-state index contributed by atoms with van der Waals surface area (Å²) in [5.41, 5.74) is 2.19. The van der Waals surface area contributed by atoms with Gasteiger partial charge in [-0.1, -0.05) is 42.5 Å². The highest BCUT2D eigenvalue weighted by atomic mass is 16.6. The molecular formula is C17H12N4O2. The maximum absolute atomic E-state index is 10.7. The molecule has 112 valence electrons. The van der Waals surface area contributed by atoms with Crippen molar-refractivity contribution >= 4 is 17.6 Å². The maximum atomic E-state index is 10.7. The van der Waals surface area contributed by atoms with Crippen LogP contribution in [0.1, 0.15) is 5.56 Å². The lowest BCUT2D eigenvalue weighted by atomic mass is 10.2. The van der Waals surface area contributed by atoms with Gasteiger partial charge in [-0.3, -0.25) is 15.1 Å². The molecule has 0 saturated carbocycles. The summed E-state index contributed by atoms with van der Waals surface area (Å²) in [5, 5.41) is 10.7. The molecular weight excluding hydrogens is 292 g/mol. The maximum Gasteiger partial charge on any atom is 0.270 e. The summed E-state index contributed by atoms with van der Waals surface area (Å²) in [4.78, 5) is 23.1. The lowest BCUT2D eigenvalue weighted by Crippen LogP contribution is -1.90. The molecule has 0 N–H and O–H groups in total. The average molecular weight is 304 g/mol. The fourth-order valence-electron chi connectivity index (χ4n) is 1.99. The SMILES string of the molecule is O=[N+]([O-])c1cccc(C=Nc2cnc(-c3ccccc3)nc2)c1. The van der Waals surface area contributed by atoms with E-state index in [1.54, 1.807) is 30.7 Å². The molecule has 3 aromatic rings. The molecule has 1 heterocycles. The number of nitro benzene ring substituents is 1. The van der Waals surface area contributed by atoms with Gasteiger partial charge in [-0.2, -0.15) is 0 Å². The summed E-state index contributed by atoms with van der Waals surface area (Å²) in [5.74, 6) is 0.625. The third kappa shape index (κ3) is 3.62. The quantitative estimate of drug-likeness (QED) is 0.417. The molecule has 0 saturated heterocycles. The summed E-state index contributed by atoms with van der Waals surface area (Å²) in [6.07, 6.45) is 4.78. The predicted molar refractivity (Wildman–Crippen MR) is 87.8 cm³/mol. The molecule has 2 aromatic carbocycles. The van der Waals surface area contributed by atoms with E-state index < -0.39 is 4.92 Å². The lowest BCUT2D eigenvalue weighted by molar-refractivity contribution is -0.384. The molecule has 0 spiro atoms. The zero-order chi connectivity index (χ0) is 16.1. The van der Waals surface area contributed by atoms with Crippen LogP contribution in [0.2, 0.25) is 0 Å². The predicted octanol–water partition coefficient (Wildman–Crippen LogP) is 3.80. The molecule has 6 nitrogen and oxygen atoms in total. The molecule has 0 amide bonds. The summed E-state index contributed by atoms with van der Waals surface area (Å²) in [6, 6.07) is 15.9. The van der Waals surface area contributed by atoms with Crippen molar-refractivity contribution < 1.29 is 4.92 Å². The van der Waals surface area contributed by atoms with Crippen molar-refractivity contribution in [1.82, 2.24) is 9.97 Å². The Kier molecular flexibility index (Phi) is 4.15. The number of hydrogen-bond donors (Lipinski definition) is 0. The van der Waals surface area contributed by atoms with Gasteiger partial charge in [0.2, 0.25) is 0 Å². The molecule has 0 radical (unpaired) electrons. The first kappa shape index (κ1) is 14.5. The number of non-ortho nitro benzene ring substituents is 1. The zero-order valence-corrected chi connectivity index (χ0v) is 12.0. The van der Waals surface area contributed by atoms with E-state index in [2.05, 4.69) is 15.0 Å². The minimum absolute atomic E-state index is 0.0321. The van der Waals surface area contributed by atoms with Crippen LogP contribution in [0.3, 0.4) is 0 Å². The van der Waals surface area contributed by atoms with Gasteiger partial charge in [0.25, 0.3) is 5.69 Å². The van der Waals surface area contributed by atoms with Crippen LogP contribution in [-0.4, -0.2) is 21.1 Å². The van der Waals surface area contributed by atoms with Gasteiger partial charge in [-0.25, -0.2) is 9.97 Å². The van der Waals surface area contributed by atoms with E-state index in [9.17, 15) is 10.1 Å². The first-order chi connectivity index (χ1) is 11.2. The highest BCUT2D eigenvalue weighted by Gasteiger charge is 2.04. The molecule has 0 unspecified atom stereocenters. The Morgan fingerprint density at radius 2 is 1.74 bits per heavy atom. The smallest absolute Gasteiger partial charge is 0.258 e. The van der Waals surface area contributed by atoms with Crippen molar-refractivity contribution in [3.8, 4) is 11.4 Å². The van der Waals surface area contributed by atoms with Crippen molar-refractivity contribution in [3.05, 3.63) is 82.7 Å². The van der Waals surface area contributed by atoms with Gasteiger partial charge in [0.05, 0.1) is 23.0 Å². The standard InChI is InChI=1S/C17H12N4O2/c22-21(23)16-8-4-5-13(9-16)10-18-15-11-19-17(20-12-15)14-6-2-1-3-7-14/h1-12H. The number of hydrogen-bond acceptors (Lipinski definition) is 5. The molecule has 0 aliphatic heterocycles. The van der Waals surface area contributed by atoms with E-state index in [1.165, 1.54) is 12.1 Å². The largest absolute Gasteiger partial charge is 0.270 e. The summed E-state index contributed by atoms with van der Waals surface area (Å²) >= 11 is 0. The van der Waals surface area contributed by atoms with E-state index in [4.69, 9.17) is 0 Å². The number of aliphatic imine (C=N–C) groups is 1. The van der Waals surface area contributed by atoms with E-state index in [1.807, 2.05) is 30.3 Å². The second kappa shape index (κ2) is 6.57. The van der Waals surface area contributed by atoms with Gasteiger partial charge in [-0.15, -0.1) is 0 Å². The highest BCUT2D eigenvalue weighted by Crippen LogP contribution is 2.17. The van der Waals surface area contributed by atoms with Crippen molar-refractivity contribution in [2.75, 3.05) is 0 Å². The van der Waals surface area contributed by atoms with E-state index in [0.29, 0.717) is 17.1 Å². The zero-order valence-electron chi connectivity index (χ0n) is 12.0. The third-order valence-electron chi connectivity index (χ3n) is 3.11. The molecule has 1 aromatic heterocycles. The van der Waals surface area contributed by atoms with Crippen LogP contribution in [0.25, 0.3) is 11.4 Å². The molecule has 0 atom stereocenters. The molecule has 23 heavy (non-hydrogen) atoms. The van der Waals surface area contributed by atoms with Gasteiger partial charge < -0.3 is 0 Å². The monoisotopic (exact) mass is 304 g/mol. The second-order valence-corrected chi connectivity index (χ2v) is 4.74. The number of rotatable bonds is 4. The number of aromatic nitrogens is 2. The van der Waals surface area contributed by atoms with Crippen molar-refractivity contribution in [3.63, 3.8) is 0 Å². The molecule has 3 rings (SSSR count). The molecule has 6 heteroatoms. The Balaban J connectivity index is 1.78. The van der Waals surface area contributed by atoms with Crippen molar-refractivity contribution in [2.24, 2.45) is 4.99 Å². The van der Waals surface area contributed by atoms with E-state index in [-0.39, 0.29) is 5.69 Å². The van der Waals surface area contributed by atoms with Crippen LogP contribution in [0.5, 0.6) is 0 Å². The minimum atomic E-state index is -0.435. The first-order valence-electron chi connectivity index (χ1n) is 6.88. The summed E-state index contributed by atoms with van der Waals surface area (Å²) in [7, 11) is 0. The van der Waals surface area contributed by atoms with Gasteiger partial charge in [0, 0.05) is 23.9 Å². The van der Waals surface area contributed by atoms with Crippen molar-refractivity contribution in [2.45, 2.75) is 0 Å². The fraction of sp³-hybridized carbons (Fsp3) is 0. The van der Waals surface area contributed by atoms with Crippen LogP contribution in [0, 0.1) is 10.1 Å². The first-order valence-corrected chi connectivity index (χ1v) is 6.88. The summed E-state index contributed by atoms with van der Waals surface area (Å²) in [6.45, 7) is 0. The van der Waals surface area contributed by atoms with E-state index in [0.717, 1.165) is 5.56 Å². The van der Waals surface area contributed by atoms with E-state index >= 15 is 0 Å². The van der Waals surface area contributed by atoms with Crippen LogP contribution < -0.4 is 0 Å². The highest BCUT2D eigenvalue weighted by molar-refractivity contribution is 5.82. The number of nitro groups is 1. The topological polar surface area (TPSA) is 81.3 Å². The van der Waals surface area contributed by atoms with Crippen LogP contribution in [0.15, 0.2) is 72.0 Å². The fourth-order valence-corrected chi connectivity index (χ4v) is 1.99. The van der Waals surface area contributed by atoms with Crippen LogP contribution in [0.4, 0.5) is 11.4 Å².